The van der Waals surface area contributed by atoms with Crippen molar-refractivity contribution < 1.29 is 0 Å². The standard InChI is InChI=1S/C14H15N5/c1-10-5-11-6-14(18-8-12(11)17-7-10)19(2)9-13-15-3-4-16-13/h3-8H,9H2,1-2H3,(H,15,16). The molecule has 0 spiro atoms. The predicted octanol–water partition coefficient (Wildman–Crippen LogP) is 2.30. The summed E-state index contributed by atoms with van der Waals surface area (Å²) in [5, 5.41) is 1.11. The van der Waals surface area contributed by atoms with Gasteiger partial charge < -0.3 is 9.88 Å². The van der Waals surface area contributed by atoms with Gasteiger partial charge in [0, 0.05) is 31.0 Å². The molecule has 3 rings (SSSR count). The maximum absolute atomic E-state index is 4.44. The molecule has 5 nitrogen and oxygen atoms in total. The van der Waals surface area contributed by atoms with E-state index < -0.39 is 0 Å². The van der Waals surface area contributed by atoms with Crippen molar-refractivity contribution in [2.75, 3.05) is 11.9 Å². The number of imidazole rings is 1. The van der Waals surface area contributed by atoms with Gasteiger partial charge in [0.05, 0.1) is 18.3 Å². The Hall–Kier alpha value is -2.43. The molecule has 0 fully saturated rings. The molecule has 0 radical (unpaired) electrons. The number of hydrogen-bond acceptors (Lipinski definition) is 4. The van der Waals surface area contributed by atoms with Gasteiger partial charge in [-0.25, -0.2) is 9.97 Å². The smallest absolute Gasteiger partial charge is 0.129 e. The Balaban J connectivity index is 1.91. The number of aromatic nitrogens is 4. The van der Waals surface area contributed by atoms with Crippen LogP contribution in [0.3, 0.4) is 0 Å². The molecule has 0 unspecified atom stereocenters. The lowest BCUT2D eigenvalue weighted by atomic mass is 10.2. The van der Waals surface area contributed by atoms with Crippen LogP contribution < -0.4 is 4.90 Å². The first kappa shape index (κ1) is 11.6. The van der Waals surface area contributed by atoms with E-state index in [0.717, 1.165) is 28.1 Å². The van der Waals surface area contributed by atoms with Gasteiger partial charge in [-0.3, -0.25) is 4.98 Å². The van der Waals surface area contributed by atoms with E-state index in [1.165, 1.54) is 0 Å². The van der Waals surface area contributed by atoms with E-state index in [-0.39, 0.29) is 0 Å². The minimum absolute atomic E-state index is 0.699. The summed E-state index contributed by atoms with van der Waals surface area (Å²) in [5.74, 6) is 1.84. The van der Waals surface area contributed by atoms with Crippen LogP contribution in [0.2, 0.25) is 0 Å². The topological polar surface area (TPSA) is 57.7 Å². The first-order valence-electron chi connectivity index (χ1n) is 6.14. The summed E-state index contributed by atoms with van der Waals surface area (Å²) in [6.45, 7) is 2.74. The number of nitrogens with zero attached hydrogens (tertiary/aromatic N) is 4. The number of aryl methyl sites for hydroxylation is 1. The van der Waals surface area contributed by atoms with Crippen molar-refractivity contribution >= 4 is 16.7 Å². The predicted molar refractivity (Wildman–Crippen MR) is 75.0 cm³/mol. The first-order chi connectivity index (χ1) is 9.22. The quantitative estimate of drug-likeness (QED) is 0.778. The van der Waals surface area contributed by atoms with Crippen LogP contribution in [0.15, 0.2) is 36.9 Å². The SMILES string of the molecule is Cc1cnc2cnc(N(C)Cc3ncc[nH]3)cc2c1. The Morgan fingerprint density at radius 2 is 2.05 bits per heavy atom. The van der Waals surface area contributed by atoms with E-state index in [2.05, 4.69) is 37.0 Å². The van der Waals surface area contributed by atoms with Gasteiger partial charge in [-0.05, 0) is 24.6 Å². The van der Waals surface area contributed by atoms with Crippen molar-refractivity contribution in [1.29, 1.82) is 0 Å². The highest BCUT2D eigenvalue weighted by Crippen LogP contribution is 2.18. The highest BCUT2D eigenvalue weighted by Gasteiger charge is 2.06. The fraction of sp³-hybridized carbons (Fsp3) is 0.214. The number of rotatable bonds is 3. The Morgan fingerprint density at radius 3 is 2.84 bits per heavy atom. The van der Waals surface area contributed by atoms with Gasteiger partial charge in [0.1, 0.15) is 11.6 Å². The molecule has 3 aromatic heterocycles. The molecule has 0 aliphatic rings. The molecular formula is C14H15N5. The highest BCUT2D eigenvalue weighted by atomic mass is 15.2. The third-order valence-electron chi connectivity index (χ3n) is 3.02. The Kier molecular flexibility index (Phi) is 2.87. The molecule has 0 aromatic carbocycles. The van der Waals surface area contributed by atoms with Crippen LogP contribution in [0, 0.1) is 6.92 Å². The maximum Gasteiger partial charge on any atom is 0.129 e. The number of nitrogens with one attached hydrogen (secondary N) is 1. The molecular weight excluding hydrogens is 238 g/mol. The fourth-order valence-corrected chi connectivity index (χ4v) is 2.03. The van der Waals surface area contributed by atoms with Gasteiger partial charge in [-0.2, -0.15) is 0 Å². The second-order valence-corrected chi connectivity index (χ2v) is 4.64. The van der Waals surface area contributed by atoms with E-state index >= 15 is 0 Å². The largest absolute Gasteiger partial charge is 0.352 e. The molecule has 0 saturated carbocycles. The number of hydrogen-bond donors (Lipinski definition) is 1. The summed E-state index contributed by atoms with van der Waals surface area (Å²) >= 11 is 0. The zero-order valence-electron chi connectivity index (χ0n) is 11.0. The molecule has 0 amide bonds. The van der Waals surface area contributed by atoms with Crippen LogP contribution in [0.4, 0.5) is 5.82 Å². The van der Waals surface area contributed by atoms with Gasteiger partial charge in [0.25, 0.3) is 0 Å². The van der Waals surface area contributed by atoms with Crippen LogP contribution in [-0.4, -0.2) is 27.0 Å². The molecule has 5 heteroatoms. The number of anilines is 1. The second-order valence-electron chi connectivity index (χ2n) is 4.64. The molecule has 3 aromatic rings. The van der Waals surface area contributed by atoms with E-state index in [9.17, 15) is 0 Å². The normalized spacial score (nSPS) is 10.8. The Labute approximate surface area is 111 Å². The third-order valence-corrected chi connectivity index (χ3v) is 3.02. The number of aromatic amines is 1. The van der Waals surface area contributed by atoms with Crippen molar-refractivity contribution in [3.8, 4) is 0 Å². The minimum Gasteiger partial charge on any atom is -0.352 e. The van der Waals surface area contributed by atoms with Crippen molar-refractivity contribution in [2.24, 2.45) is 0 Å². The van der Waals surface area contributed by atoms with E-state index in [1.54, 1.807) is 6.20 Å². The number of H-pyrrole nitrogens is 1. The molecule has 3 heterocycles. The molecule has 0 saturated heterocycles. The lowest BCUT2D eigenvalue weighted by molar-refractivity contribution is 0.844. The van der Waals surface area contributed by atoms with E-state index in [4.69, 9.17) is 0 Å². The zero-order valence-corrected chi connectivity index (χ0v) is 11.0. The summed E-state index contributed by atoms with van der Waals surface area (Å²) in [5.41, 5.74) is 2.07. The van der Waals surface area contributed by atoms with Gasteiger partial charge >= 0.3 is 0 Å². The van der Waals surface area contributed by atoms with Crippen molar-refractivity contribution in [3.05, 3.63) is 48.3 Å². The van der Waals surface area contributed by atoms with Gasteiger partial charge in [0.2, 0.25) is 0 Å². The number of pyridine rings is 2. The highest BCUT2D eigenvalue weighted by molar-refractivity contribution is 5.80. The average Bonchev–Trinajstić information content (AvgIpc) is 2.90. The number of fused-ring (bicyclic) bond motifs is 1. The monoisotopic (exact) mass is 253 g/mol. The summed E-state index contributed by atoms with van der Waals surface area (Å²) in [7, 11) is 2.00. The molecule has 0 aliphatic heterocycles. The van der Waals surface area contributed by atoms with Crippen LogP contribution in [0.25, 0.3) is 10.9 Å². The summed E-state index contributed by atoms with van der Waals surface area (Å²) in [6.07, 6.45) is 7.24. The van der Waals surface area contributed by atoms with Crippen molar-refractivity contribution in [1.82, 2.24) is 19.9 Å². The van der Waals surface area contributed by atoms with Crippen molar-refractivity contribution in [2.45, 2.75) is 13.5 Å². The first-order valence-corrected chi connectivity index (χ1v) is 6.14. The van der Waals surface area contributed by atoms with Crippen LogP contribution >= 0.6 is 0 Å². The maximum atomic E-state index is 4.44. The summed E-state index contributed by atoms with van der Waals surface area (Å²) < 4.78 is 0. The summed E-state index contributed by atoms with van der Waals surface area (Å²) in [4.78, 5) is 18.2. The lowest BCUT2D eigenvalue weighted by Crippen LogP contribution is -2.18. The van der Waals surface area contributed by atoms with E-state index in [0.29, 0.717) is 6.54 Å². The average molecular weight is 253 g/mol. The Morgan fingerprint density at radius 1 is 1.16 bits per heavy atom. The van der Waals surface area contributed by atoms with E-state index in [1.807, 2.05) is 32.6 Å². The third kappa shape index (κ3) is 2.40. The minimum atomic E-state index is 0.699. The van der Waals surface area contributed by atoms with Crippen molar-refractivity contribution in [3.63, 3.8) is 0 Å². The molecule has 0 aliphatic carbocycles. The fourth-order valence-electron chi connectivity index (χ4n) is 2.03. The molecule has 19 heavy (non-hydrogen) atoms. The van der Waals surface area contributed by atoms with Crippen LogP contribution in [0.1, 0.15) is 11.4 Å². The van der Waals surface area contributed by atoms with Crippen LogP contribution in [0.5, 0.6) is 0 Å². The summed E-state index contributed by atoms with van der Waals surface area (Å²) in [6, 6.07) is 4.17. The second kappa shape index (κ2) is 4.68. The van der Waals surface area contributed by atoms with Crippen LogP contribution in [-0.2, 0) is 6.54 Å². The molecule has 1 N–H and O–H groups in total. The molecule has 0 atom stereocenters. The molecule has 96 valence electrons. The van der Waals surface area contributed by atoms with Gasteiger partial charge in [-0.15, -0.1) is 0 Å². The lowest BCUT2D eigenvalue weighted by Gasteiger charge is -2.17. The van der Waals surface area contributed by atoms with Gasteiger partial charge in [-0.1, -0.05) is 0 Å². The Bertz CT molecular complexity index is 690. The molecule has 0 bridgehead atoms. The van der Waals surface area contributed by atoms with Gasteiger partial charge in [0.15, 0.2) is 0 Å². The zero-order chi connectivity index (χ0) is 13.2.